The Bertz CT molecular complexity index is 1180. The summed E-state index contributed by atoms with van der Waals surface area (Å²) in [5, 5.41) is 21.9. The Labute approximate surface area is 246 Å². The van der Waals surface area contributed by atoms with Crippen LogP contribution in [0.15, 0.2) is 30.3 Å². The second kappa shape index (κ2) is 11.9. The molecular weight excluding hydrogens is 538 g/mol. The maximum absolute atomic E-state index is 13.4. The number of fused-ring (bicyclic) bond motifs is 5. The van der Waals surface area contributed by atoms with Crippen molar-refractivity contribution in [3.8, 4) is 0 Å². The van der Waals surface area contributed by atoms with E-state index in [2.05, 4.69) is 20.8 Å². The summed E-state index contributed by atoms with van der Waals surface area (Å²) < 4.78 is 32.2. The number of hydrogen-bond acceptors (Lipinski definition) is 5. The lowest BCUT2D eigenvalue weighted by Crippen LogP contribution is -2.58. The molecule has 0 spiro atoms. The number of amides is 1. The van der Waals surface area contributed by atoms with E-state index in [9.17, 15) is 28.0 Å². The molecule has 0 radical (unpaired) electrons. The smallest absolute Gasteiger partial charge is 0.266 e. The summed E-state index contributed by atoms with van der Waals surface area (Å²) in [7, 11) is -4.17. The normalized spacial score (nSPS) is 39.3. The van der Waals surface area contributed by atoms with Crippen molar-refractivity contribution in [2.75, 3.05) is 12.3 Å². The Morgan fingerprint density at radius 3 is 2.39 bits per heavy atom. The summed E-state index contributed by atoms with van der Waals surface area (Å²) in [5.41, 5.74) is 1.29. The van der Waals surface area contributed by atoms with E-state index < -0.39 is 15.9 Å². The summed E-state index contributed by atoms with van der Waals surface area (Å²) in [6, 6.07) is 9.54. The van der Waals surface area contributed by atoms with Crippen LogP contribution in [0.3, 0.4) is 0 Å². The molecule has 0 bridgehead atoms. The molecule has 41 heavy (non-hydrogen) atoms. The summed E-state index contributed by atoms with van der Waals surface area (Å²) >= 11 is 0. The van der Waals surface area contributed by atoms with Crippen LogP contribution in [0.25, 0.3) is 0 Å². The van der Waals surface area contributed by atoms with E-state index in [1.165, 1.54) is 0 Å². The summed E-state index contributed by atoms with van der Waals surface area (Å²) in [6.07, 6.45) is 8.74. The van der Waals surface area contributed by atoms with Gasteiger partial charge in [0.2, 0.25) is 5.91 Å². The molecule has 0 aromatic heterocycles. The van der Waals surface area contributed by atoms with E-state index in [0.29, 0.717) is 48.5 Å². The van der Waals surface area contributed by atoms with Gasteiger partial charge in [0.15, 0.2) is 0 Å². The molecule has 4 aliphatic carbocycles. The highest BCUT2D eigenvalue weighted by atomic mass is 32.2. The molecule has 10 unspecified atom stereocenters. The van der Waals surface area contributed by atoms with E-state index in [1.807, 2.05) is 30.3 Å². The Kier molecular flexibility index (Phi) is 8.98. The van der Waals surface area contributed by atoms with Crippen LogP contribution in [-0.2, 0) is 21.5 Å². The van der Waals surface area contributed by atoms with Gasteiger partial charge in [0.25, 0.3) is 10.1 Å². The van der Waals surface area contributed by atoms with E-state index in [4.69, 9.17) is 0 Å². The van der Waals surface area contributed by atoms with Crippen LogP contribution < -0.4 is 0 Å². The summed E-state index contributed by atoms with van der Waals surface area (Å²) in [4.78, 5) is 14.9. The Balaban J connectivity index is 1.24. The van der Waals surface area contributed by atoms with Crippen molar-refractivity contribution in [2.24, 2.45) is 46.3 Å². The lowest BCUT2D eigenvalue weighted by Gasteiger charge is -2.62. The zero-order valence-corrected chi connectivity index (χ0v) is 25.9. The van der Waals surface area contributed by atoms with Crippen LogP contribution >= 0.6 is 0 Å². The zero-order valence-electron chi connectivity index (χ0n) is 25.1. The van der Waals surface area contributed by atoms with Gasteiger partial charge in [0, 0.05) is 19.5 Å². The highest BCUT2D eigenvalue weighted by Gasteiger charge is 2.62. The number of hydrogen-bond donors (Lipinski definition) is 3. The van der Waals surface area contributed by atoms with E-state index in [0.717, 1.165) is 63.4 Å². The number of nitrogens with zero attached hydrogens (tertiary/aromatic N) is 1. The molecule has 4 fully saturated rings. The minimum absolute atomic E-state index is 0.0259. The van der Waals surface area contributed by atoms with E-state index in [1.54, 1.807) is 4.90 Å². The molecule has 1 aromatic carbocycles. The third kappa shape index (κ3) is 6.27. The number of benzene rings is 1. The van der Waals surface area contributed by atoms with Crippen molar-refractivity contribution < 1.29 is 28.0 Å². The SMILES string of the molecule is CC(CCC(=O)N(CCS(=O)(=O)O)Cc1ccccc1)C1CCC2C3C(O)CC4CC(O)CCC4(C)C3CCC12C. The lowest BCUT2D eigenvalue weighted by atomic mass is 9.43. The van der Waals surface area contributed by atoms with Crippen molar-refractivity contribution >= 4 is 16.0 Å². The van der Waals surface area contributed by atoms with Gasteiger partial charge in [-0.2, -0.15) is 8.42 Å². The molecule has 4 aliphatic rings. The maximum Gasteiger partial charge on any atom is 0.266 e. The fourth-order valence-electron chi connectivity index (χ4n) is 10.2. The van der Waals surface area contributed by atoms with Crippen LogP contribution in [0.1, 0.15) is 90.5 Å². The minimum atomic E-state index is -4.17. The molecule has 0 saturated heterocycles. The molecule has 1 amide bonds. The van der Waals surface area contributed by atoms with Crippen LogP contribution in [-0.4, -0.2) is 58.5 Å². The van der Waals surface area contributed by atoms with Crippen molar-refractivity contribution in [1.82, 2.24) is 4.90 Å². The first-order chi connectivity index (χ1) is 19.3. The Hall–Kier alpha value is -1.48. The van der Waals surface area contributed by atoms with Crippen LogP contribution in [0.4, 0.5) is 0 Å². The van der Waals surface area contributed by atoms with Gasteiger partial charge >= 0.3 is 0 Å². The molecule has 10 atom stereocenters. The van der Waals surface area contributed by atoms with Gasteiger partial charge in [0.05, 0.1) is 18.0 Å². The molecule has 230 valence electrons. The van der Waals surface area contributed by atoms with Crippen molar-refractivity contribution in [1.29, 1.82) is 0 Å². The van der Waals surface area contributed by atoms with Gasteiger partial charge in [-0.3, -0.25) is 9.35 Å². The molecule has 3 N–H and O–H groups in total. The number of aliphatic hydroxyl groups is 2. The van der Waals surface area contributed by atoms with Gasteiger partial charge < -0.3 is 15.1 Å². The summed E-state index contributed by atoms with van der Waals surface area (Å²) in [6.45, 7) is 7.46. The maximum atomic E-state index is 13.4. The fraction of sp³-hybridized carbons (Fsp3) is 0.788. The second-order valence-electron chi connectivity index (χ2n) is 14.6. The van der Waals surface area contributed by atoms with Gasteiger partial charge in [-0.15, -0.1) is 0 Å². The highest BCUT2D eigenvalue weighted by molar-refractivity contribution is 7.85. The molecular formula is C33H51NO6S. The molecule has 7 nitrogen and oxygen atoms in total. The largest absolute Gasteiger partial charge is 0.393 e. The second-order valence-corrected chi connectivity index (χ2v) is 16.1. The van der Waals surface area contributed by atoms with Crippen molar-refractivity contribution in [3.05, 3.63) is 35.9 Å². The van der Waals surface area contributed by atoms with Gasteiger partial charge in [-0.1, -0.05) is 51.1 Å². The quantitative estimate of drug-likeness (QED) is 0.336. The first kappa shape index (κ1) is 31.0. The van der Waals surface area contributed by atoms with E-state index >= 15 is 0 Å². The average Bonchev–Trinajstić information content (AvgIpc) is 3.27. The van der Waals surface area contributed by atoms with Crippen LogP contribution in [0, 0.1) is 46.3 Å². The van der Waals surface area contributed by atoms with Crippen molar-refractivity contribution in [3.63, 3.8) is 0 Å². The predicted octanol–water partition coefficient (Wildman–Crippen LogP) is 5.31. The predicted molar refractivity (Wildman–Crippen MR) is 159 cm³/mol. The number of rotatable bonds is 9. The van der Waals surface area contributed by atoms with Crippen LogP contribution in [0.5, 0.6) is 0 Å². The third-order valence-corrected chi connectivity index (χ3v) is 13.1. The lowest BCUT2D eigenvalue weighted by molar-refractivity contribution is -0.174. The van der Waals surface area contributed by atoms with Gasteiger partial charge in [-0.25, -0.2) is 0 Å². The third-order valence-electron chi connectivity index (χ3n) is 12.4. The first-order valence-corrected chi connectivity index (χ1v) is 17.6. The number of carbonyl (C=O) groups excluding carboxylic acids is 1. The molecule has 8 heteroatoms. The first-order valence-electron chi connectivity index (χ1n) is 15.9. The summed E-state index contributed by atoms with van der Waals surface area (Å²) in [5.74, 6) is 2.05. The number of carbonyl (C=O) groups is 1. The molecule has 0 heterocycles. The minimum Gasteiger partial charge on any atom is -0.393 e. The fourth-order valence-corrected chi connectivity index (χ4v) is 10.7. The molecule has 1 aromatic rings. The Morgan fingerprint density at radius 1 is 1.00 bits per heavy atom. The average molecular weight is 590 g/mol. The zero-order chi connectivity index (χ0) is 29.6. The Morgan fingerprint density at radius 2 is 1.68 bits per heavy atom. The molecule has 5 rings (SSSR count). The van der Waals surface area contributed by atoms with Crippen LogP contribution in [0.2, 0.25) is 0 Å². The molecule has 0 aliphatic heterocycles. The van der Waals surface area contributed by atoms with Gasteiger partial charge in [0.1, 0.15) is 0 Å². The number of aliphatic hydroxyl groups excluding tert-OH is 2. The highest BCUT2D eigenvalue weighted by Crippen LogP contribution is 2.68. The van der Waals surface area contributed by atoms with E-state index in [-0.39, 0.29) is 35.5 Å². The standard InChI is InChI=1S/C33H51NO6S/c1-22(9-12-30(37)34(17-18-41(38,39)40)21-23-7-5-4-6-8-23)26-10-11-27-31-28(14-16-33(26,27)3)32(2)15-13-25(35)19-24(32)20-29(31)36/h4-8,22,24-29,31,35-36H,9-21H2,1-3H3,(H,38,39,40). The molecule has 4 saturated carbocycles. The van der Waals surface area contributed by atoms with Gasteiger partial charge in [-0.05, 0) is 110 Å². The monoisotopic (exact) mass is 589 g/mol. The van der Waals surface area contributed by atoms with Crippen molar-refractivity contribution in [2.45, 2.75) is 104 Å². The topological polar surface area (TPSA) is 115 Å².